The molecule has 1 amide bonds. The van der Waals surface area contributed by atoms with Crippen LogP contribution in [0.25, 0.3) is 0 Å². The molecule has 76 heavy (non-hydrogen) atoms. The number of aliphatic hydroxyl groups is 8. The first-order chi connectivity index (χ1) is 37.1. The van der Waals surface area contributed by atoms with Gasteiger partial charge in [-0.05, 0) is 70.6 Å². The van der Waals surface area contributed by atoms with Crippen molar-refractivity contribution in [3.63, 3.8) is 0 Å². The van der Waals surface area contributed by atoms with E-state index >= 15 is 0 Å². The van der Waals surface area contributed by atoms with Crippen molar-refractivity contribution < 1.29 is 64.6 Å². The highest BCUT2D eigenvalue weighted by atomic mass is 16.7. The molecule has 14 heteroatoms. The summed E-state index contributed by atoms with van der Waals surface area (Å²) in [5, 5.41) is 87.1. The van der Waals surface area contributed by atoms with Gasteiger partial charge in [-0.15, -0.1) is 0 Å². The second-order valence-electron chi connectivity index (χ2n) is 21.8. The predicted molar refractivity (Wildman–Crippen MR) is 304 cm³/mol. The number of carbonyl (C=O) groups excluding carboxylic acids is 1. The van der Waals surface area contributed by atoms with Crippen molar-refractivity contribution >= 4 is 5.91 Å². The van der Waals surface area contributed by atoms with E-state index in [1.807, 2.05) is 6.08 Å². The number of ether oxygens (including phenoxy) is 4. The first-order valence-electron chi connectivity index (χ1n) is 30.9. The second kappa shape index (κ2) is 47.7. The third kappa shape index (κ3) is 32.9. The Bertz CT molecular complexity index is 1460. The maximum Gasteiger partial charge on any atom is 0.220 e. The van der Waals surface area contributed by atoms with Crippen LogP contribution in [0.15, 0.2) is 48.6 Å². The maximum absolute atomic E-state index is 13.3. The Balaban J connectivity index is 1.77. The molecule has 14 nitrogen and oxygen atoms in total. The highest BCUT2D eigenvalue weighted by molar-refractivity contribution is 5.76. The van der Waals surface area contributed by atoms with E-state index in [9.17, 15) is 45.6 Å². The fraction of sp³-hybridized carbons (Fsp3) is 0.855. The number of carbonyl (C=O) groups is 1. The molecular formula is C62H113NO13. The summed E-state index contributed by atoms with van der Waals surface area (Å²) in [6.07, 6.45) is 42.9. The Morgan fingerprint density at radius 3 is 1.29 bits per heavy atom. The highest BCUT2D eigenvalue weighted by Crippen LogP contribution is 2.30. The molecule has 0 saturated carbocycles. The van der Waals surface area contributed by atoms with Gasteiger partial charge in [-0.1, -0.05) is 217 Å². The molecule has 0 aromatic heterocycles. The molecule has 12 atom stereocenters. The zero-order valence-corrected chi connectivity index (χ0v) is 47.7. The van der Waals surface area contributed by atoms with E-state index in [-0.39, 0.29) is 18.9 Å². The van der Waals surface area contributed by atoms with Gasteiger partial charge in [-0.3, -0.25) is 4.79 Å². The molecule has 12 unspecified atom stereocenters. The first-order valence-corrected chi connectivity index (χ1v) is 30.9. The van der Waals surface area contributed by atoms with Crippen LogP contribution >= 0.6 is 0 Å². The zero-order valence-electron chi connectivity index (χ0n) is 47.7. The van der Waals surface area contributed by atoms with Crippen molar-refractivity contribution in [2.75, 3.05) is 19.8 Å². The van der Waals surface area contributed by atoms with Crippen LogP contribution in [0, 0.1) is 0 Å². The van der Waals surface area contributed by atoms with Crippen molar-refractivity contribution in [2.45, 2.75) is 319 Å². The van der Waals surface area contributed by atoms with Crippen LogP contribution < -0.4 is 5.32 Å². The minimum Gasteiger partial charge on any atom is -0.394 e. The van der Waals surface area contributed by atoms with Crippen molar-refractivity contribution in [1.82, 2.24) is 5.32 Å². The molecule has 9 N–H and O–H groups in total. The van der Waals surface area contributed by atoms with Gasteiger partial charge >= 0.3 is 0 Å². The number of amides is 1. The molecule has 2 saturated heterocycles. The average molecular weight is 1080 g/mol. The molecule has 2 aliphatic rings. The third-order valence-corrected chi connectivity index (χ3v) is 15.0. The minimum atomic E-state index is -1.79. The van der Waals surface area contributed by atoms with Crippen LogP contribution in [-0.4, -0.2) is 140 Å². The molecule has 2 heterocycles. The van der Waals surface area contributed by atoms with Crippen molar-refractivity contribution in [1.29, 1.82) is 0 Å². The standard InChI is InChI=1S/C62H113NO13/c1-3-5-7-9-11-13-15-17-19-21-23-24-25-26-28-30-32-34-36-38-40-42-44-46-54(67)63-50(51(66)45-43-41-39-37-35-33-31-29-27-22-20-18-16-14-12-10-8-6-4-2)49-73-61-59(72)57(70)60(53(48-65)75-61)76-62-58(71)56(69)55(68)52(47-64)74-62/h21,23,27,29,35,37,43,45,50-53,55-62,64-66,68-72H,3-20,22,24-26,28,30-34,36,38-42,44,46-49H2,1-2H3,(H,63,67)/b23-21-,29-27+,37-35+,45-43+. The van der Waals surface area contributed by atoms with Gasteiger partial charge in [-0.25, -0.2) is 0 Å². The maximum atomic E-state index is 13.3. The van der Waals surface area contributed by atoms with E-state index in [0.29, 0.717) is 12.8 Å². The summed E-state index contributed by atoms with van der Waals surface area (Å²) in [5.41, 5.74) is 0. The lowest BCUT2D eigenvalue weighted by molar-refractivity contribution is -0.359. The van der Waals surface area contributed by atoms with E-state index in [4.69, 9.17) is 18.9 Å². The van der Waals surface area contributed by atoms with Gasteiger partial charge < -0.3 is 65.1 Å². The normalized spacial score (nSPS) is 25.2. The number of unbranched alkanes of at least 4 members (excludes halogenated alkanes) is 30. The van der Waals surface area contributed by atoms with Gasteiger partial charge in [0.2, 0.25) is 5.91 Å². The number of rotatable bonds is 49. The van der Waals surface area contributed by atoms with E-state index < -0.39 is 86.8 Å². The molecule has 0 bridgehead atoms. The van der Waals surface area contributed by atoms with E-state index in [0.717, 1.165) is 44.9 Å². The van der Waals surface area contributed by atoms with Gasteiger partial charge in [0.05, 0.1) is 32.0 Å². The Labute approximate surface area is 461 Å². The van der Waals surface area contributed by atoms with Crippen molar-refractivity contribution in [3.05, 3.63) is 48.6 Å². The summed E-state index contributed by atoms with van der Waals surface area (Å²) in [4.78, 5) is 13.3. The lowest BCUT2D eigenvalue weighted by Crippen LogP contribution is -2.65. The number of aliphatic hydroxyl groups excluding tert-OH is 8. The molecule has 444 valence electrons. The second-order valence-corrected chi connectivity index (χ2v) is 21.8. The first kappa shape index (κ1) is 70.1. The Morgan fingerprint density at radius 1 is 0.461 bits per heavy atom. The largest absolute Gasteiger partial charge is 0.394 e. The summed E-state index contributed by atoms with van der Waals surface area (Å²) in [6.45, 7) is 2.78. The van der Waals surface area contributed by atoms with Crippen LogP contribution in [0.2, 0.25) is 0 Å². The molecule has 0 spiro atoms. The van der Waals surface area contributed by atoms with Gasteiger partial charge in [0.1, 0.15) is 48.8 Å². The molecule has 2 fully saturated rings. The molecule has 0 radical (unpaired) electrons. The van der Waals surface area contributed by atoms with Gasteiger partial charge in [0.25, 0.3) is 0 Å². The Hall–Kier alpha value is -2.05. The lowest BCUT2D eigenvalue weighted by Gasteiger charge is -2.46. The summed E-state index contributed by atoms with van der Waals surface area (Å²) in [5.74, 6) is -0.253. The fourth-order valence-electron chi connectivity index (χ4n) is 9.97. The number of nitrogens with one attached hydrogen (secondary N) is 1. The van der Waals surface area contributed by atoms with E-state index in [2.05, 4.69) is 55.6 Å². The molecule has 0 aromatic rings. The third-order valence-electron chi connectivity index (χ3n) is 15.0. The van der Waals surface area contributed by atoms with Crippen LogP contribution in [0.3, 0.4) is 0 Å². The Morgan fingerprint density at radius 2 is 0.842 bits per heavy atom. The molecule has 0 aliphatic carbocycles. The zero-order chi connectivity index (χ0) is 55.3. The van der Waals surface area contributed by atoms with Gasteiger partial charge in [0.15, 0.2) is 12.6 Å². The quantitative estimate of drug-likeness (QED) is 0.0204. The van der Waals surface area contributed by atoms with Crippen LogP contribution in [0.5, 0.6) is 0 Å². The molecular weight excluding hydrogens is 967 g/mol. The SMILES string of the molecule is CCCCCCCCCC/C=C\CCCCCCCCCCCCCC(=O)NC(COC1OC(CO)C(OC2OC(CO)C(O)C(O)C2O)C(O)C1O)C(O)/C=C/CC/C=C/CC/C=C/CCCCCCCCCCC. The van der Waals surface area contributed by atoms with Gasteiger partial charge in [0, 0.05) is 6.42 Å². The van der Waals surface area contributed by atoms with Gasteiger partial charge in [-0.2, -0.15) is 0 Å². The fourth-order valence-corrected chi connectivity index (χ4v) is 9.97. The molecule has 2 rings (SSSR count). The smallest absolute Gasteiger partial charge is 0.220 e. The van der Waals surface area contributed by atoms with Crippen LogP contribution in [0.4, 0.5) is 0 Å². The summed E-state index contributed by atoms with van der Waals surface area (Å²) in [7, 11) is 0. The summed E-state index contributed by atoms with van der Waals surface area (Å²) in [6, 6.07) is -0.939. The number of allylic oxidation sites excluding steroid dienone is 7. The molecule has 0 aromatic carbocycles. The molecule has 2 aliphatic heterocycles. The van der Waals surface area contributed by atoms with Crippen LogP contribution in [-0.2, 0) is 23.7 Å². The highest BCUT2D eigenvalue weighted by Gasteiger charge is 2.51. The summed E-state index contributed by atoms with van der Waals surface area (Å²) < 4.78 is 22.8. The minimum absolute atomic E-state index is 0.253. The monoisotopic (exact) mass is 1080 g/mol. The topological polar surface area (TPSA) is 228 Å². The van der Waals surface area contributed by atoms with Crippen LogP contribution in [0.1, 0.15) is 245 Å². The van der Waals surface area contributed by atoms with Crippen molar-refractivity contribution in [3.8, 4) is 0 Å². The summed E-state index contributed by atoms with van der Waals surface area (Å²) >= 11 is 0. The van der Waals surface area contributed by atoms with E-state index in [1.165, 1.54) is 167 Å². The van der Waals surface area contributed by atoms with Crippen molar-refractivity contribution in [2.24, 2.45) is 0 Å². The Kier molecular flexibility index (Phi) is 44.0. The lowest BCUT2D eigenvalue weighted by atomic mass is 9.97. The number of hydrogen-bond donors (Lipinski definition) is 9. The number of hydrogen-bond acceptors (Lipinski definition) is 13. The van der Waals surface area contributed by atoms with E-state index in [1.54, 1.807) is 6.08 Å². The predicted octanol–water partition coefficient (Wildman–Crippen LogP) is 10.8. The average Bonchev–Trinajstić information content (AvgIpc) is 3.42.